The number of hydrogen-bond acceptors (Lipinski definition) is 8. The number of rotatable bonds is 4. The summed E-state index contributed by atoms with van der Waals surface area (Å²) >= 11 is 6.25. The summed E-state index contributed by atoms with van der Waals surface area (Å²) in [6, 6.07) is 4.56. The number of aromatic amines is 1. The molecule has 0 amide bonds. The average molecular weight is 580 g/mol. The maximum absolute atomic E-state index is 13.6. The smallest absolute Gasteiger partial charge is 0.356 e. The first kappa shape index (κ1) is 26.6. The molecule has 0 aliphatic carbocycles. The molecular formula is C25H23ClF5N9. The molecule has 1 N–H and O–H groups in total. The minimum absolute atomic E-state index is 0.140. The summed E-state index contributed by atoms with van der Waals surface area (Å²) in [6.45, 7) is 3.35. The number of halogens is 6. The Morgan fingerprint density at radius 3 is 2.38 bits per heavy atom. The number of likely N-dealkylation sites (N-methyl/N-ethyl adjacent to an activating group) is 1. The van der Waals surface area contributed by atoms with Crippen molar-refractivity contribution in [2.45, 2.75) is 25.1 Å². The maximum atomic E-state index is 13.6. The Morgan fingerprint density at radius 2 is 1.70 bits per heavy atom. The van der Waals surface area contributed by atoms with E-state index in [-0.39, 0.29) is 6.54 Å². The van der Waals surface area contributed by atoms with Crippen LogP contribution in [0, 0.1) is 0 Å². The Balaban J connectivity index is 1.47. The van der Waals surface area contributed by atoms with E-state index in [1.807, 2.05) is 19.2 Å². The molecule has 3 aromatic heterocycles. The lowest BCUT2D eigenvalue weighted by Crippen LogP contribution is -2.45. The molecule has 4 aromatic rings. The lowest BCUT2D eigenvalue weighted by molar-refractivity contribution is -0.145. The van der Waals surface area contributed by atoms with E-state index in [2.05, 4.69) is 39.7 Å². The van der Waals surface area contributed by atoms with Gasteiger partial charge in [-0.15, -0.1) is 0 Å². The zero-order valence-electron chi connectivity index (χ0n) is 21.1. The number of alkyl halides is 5. The van der Waals surface area contributed by atoms with Crippen LogP contribution in [0.2, 0.25) is 5.02 Å². The van der Waals surface area contributed by atoms with E-state index in [0.29, 0.717) is 28.6 Å². The third kappa shape index (κ3) is 4.89. The standard InChI is InChI=1S/C25H23ClF5N9/c1-38-6-8-39(9-7-38)23-32-11-13(12-33-23)19-18-15(16-10-14(26)2-3-17(16)34-18)4-5-40(19)24-36-21(20(27)28)35-22(37-24)25(29,30)31/h2-3,10-12,19-20,34H,4-9H2,1H3/t19-/m0/s1. The largest absolute Gasteiger partial charge is 0.451 e. The predicted molar refractivity (Wildman–Crippen MR) is 138 cm³/mol. The van der Waals surface area contributed by atoms with Crippen LogP contribution in [-0.2, 0) is 12.6 Å². The topological polar surface area (TPSA) is 90.0 Å². The number of benzene rings is 1. The molecule has 6 rings (SSSR count). The lowest BCUT2D eigenvalue weighted by Gasteiger charge is -2.36. The number of H-pyrrole nitrogens is 1. The summed E-state index contributed by atoms with van der Waals surface area (Å²) in [5.74, 6) is -2.90. The van der Waals surface area contributed by atoms with Gasteiger partial charge in [0.2, 0.25) is 23.5 Å². The zero-order chi connectivity index (χ0) is 28.2. The second-order valence-corrected chi connectivity index (χ2v) is 10.2. The molecule has 1 aromatic carbocycles. The van der Waals surface area contributed by atoms with E-state index in [4.69, 9.17) is 11.6 Å². The molecule has 210 valence electrons. The van der Waals surface area contributed by atoms with Gasteiger partial charge in [0.05, 0.1) is 0 Å². The lowest BCUT2D eigenvalue weighted by atomic mass is 9.94. The van der Waals surface area contributed by atoms with Crippen molar-refractivity contribution in [1.82, 2.24) is 34.8 Å². The Bertz CT molecular complexity index is 1530. The minimum atomic E-state index is -5.04. The van der Waals surface area contributed by atoms with Crippen LogP contribution in [-0.4, -0.2) is 74.6 Å². The first-order valence-electron chi connectivity index (χ1n) is 12.5. The van der Waals surface area contributed by atoms with Gasteiger partial charge in [-0.3, -0.25) is 0 Å². The van der Waals surface area contributed by atoms with E-state index in [9.17, 15) is 22.0 Å². The first-order chi connectivity index (χ1) is 19.1. The van der Waals surface area contributed by atoms with Crippen LogP contribution in [0.3, 0.4) is 0 Å². The maximum Gasteiger partial charge on any atom is 0.451 e. The fourth-order valence-corrected chi connectivity index (χ4v) is 5.37. The third-order valence-electron chi connectivity index (χ3n) is 7.20. The highest BCUT2D eigenvalue weighted by Gasteiger charge is 2.40. The monoisotopic (exact) mass is 579 g/mol. The molecule has 40 heavy (non-hydrogen) atoms. The summed E-state index contributed by atoms with van der Waals surface area (Å²) in [7, 11) is 2.04. The zero-order valence-corrected chi connectivity index (χ0v) is 21.9. The SMILES string of the molecule is CN1CCN(c2ncc([C@H]3c4[nH]c5ccc(Cl)cc5c4CCN3c3nc(C(F)F)nc(C(F)(F)F)n3)cn2)CC1. The number of nitrogens with zero attached hydrogens (tertiary/aromatic N) is 8. The molecule has 0 bridgehead atoms. The highest BCUT2D eigenvalue weighted by Crippen LogP contribution is 2.41. The van der Waals surface area contributed by atoms with Crippen molar-refractivity contribution in [2.24, 2.45) is 0 Å². The first-order valence-corrected chi connectivity index (χ1v) is 12.9. The third-order valence-corrected chi connectivity index (χ3v) is 7.43. The van der Waals surface area contributed by atoms with Crippen molar-refractivity contribution in [3.63, 3.8) is 0 Å². The summed E-state index contributed by atoms with van der Waals surface area (Å²) in [4.78, 5) is 28.5. The number of nitrogens with one attached hydrogen (secondary N) is 1. The Hall–Kier alpha value is -3.65. The Kier molecular flexibility index (Phi) is 6.69. The molecule has 0 radical (unpaired) electrons. The molecule has 2 aliphatic rings. The van der Waals surface area contributed by atoms with Crippen LogP contribution < -0.4 is 9.80 Å². The van der Waals surface area contributed by atoms with E-state index in [1.54, 1.807) is 18.5 Å². The summed E-state index contributed by atoms with van der Waals surface area (Å²) in [5, 5.41) is 1.39. The van der Waals surface area contributed by atoms with Crippen LogP contribution in [0.1, 0.15) is 40.9 Å². The van der Waals surface area contributed by atoms with Gasteiger partial charge in [-0.2, -0.15) is 23.1 Å². The molecule has 1 fully saturated rings. The molecule has 5 heterocycles. The number of aromatic nitrogens is 6. The van der Waals surface area contributed by atoms with Gasteiger partial charge in [0.15, 0.2) is 0 Å². The highest BCUT2D eigenvalue weighted by molar-refractivity contribution is 6.31. The fourth-order valence-electron chi connectivity index (χ4n) is 5.20. The summed E-state index contributed by atoms with van der Waals surface area (Å²) in [5.41, 5.74) is 2.85. The van der Waals surface area contributed by atoms with Gasteiger partial charge < -0.3 is 19.7 Å². The highest BCUT2D eigenvalue weighted by atomic mass is 35.5. The van der Waals surface area contributed by atoms with Crippen molar-refractivity contribution in [2.75, 3.05) is 49.6 Å². The number of anilines is 2. The number of piperazine rings is 1. The second-order valence-electron chi connectivity index (χ2n) is 9.78. The molecule has 1 saturated heterocycles. The molecule has 9 nitrogen and oxygen atoms in total. The second kappa shape index (κ2) is 10.1. The fraction of sp³-hybridized carbons (Fsp3) is 0.400. The molecule has 0 spiro atoms. The van der Waals surface area contributed by atoms with Crippen molar-refractivity contribution in [1.29, 1.82) is 0 Å². The molecule has 1 atom stereocenters. The van der Waals surface area contributed by atoms with E-state index < -0.39 is 36.2 Å². The van der Waals surface area contributed by atoms with Crippen LogP contribution >= 0.6 is 11.6 Å². The van der Waals surface area contributed by atoms with E-state index >= 15 is 0 Å². The van der Waals surface area contributed by atoms with E-state index in [1.165, 1.54) is 4.90 Å². The van der Waals surface area contributed by atoms with E-state index in [0.717, 1.165) is 42.6 Å². The molecular weight excluding hydrogens is 557 g/mol. The van der Waals surface area contributed by atoms with Crippen LogP contribution in [0.25, 0.3) is 10.9 Å². The van der Waals surface area contributed by atoms with Crippen LogP contribution in [0.5, 0.6) is 0 Å². The van der Waals surface area contributed by atoms with Gasteiger partial charge in [-0.1, -0.05) is 11.6 Å². The number of hydrogen-bond donors (Lipinski definition) is 1. The van der Waals surface area contributed by atoms with Gasteiger partial charge in [0.25, 0.3) is 6.43 Å². The molecule has 15 heteroatoms. The minimum Gasteiger partial charge on any atom is -0.356 e. The summed E-state index contributed by atoms with van der Waals surface area (Å²) < 4.78 is 68.0. The predicted octanol–water partition coefficient (Wildman–Crippen LogP) is 4.66. The van der Waals surface area contributed by atoms with Crippen molar-refractivity contribution >= 4 is 34.4 Å². The van der Waals surface area contributed by atoms with Crippen LogP contribution in [0.4, 0.5) is 33.8 Å². The van der Waals surface area contributed by atoms with Gasteiger partial charge in [-0.05, 0) is 37.2 Å². The van der Waals surface area contributed by atoms with Crippen molar-refractivity contribution < 1.29 is 22.0 Å². The van der Waals surface area contributed by atoms with Crippen LogP contribution in [0.15, 0.2) is 30.6 Å². The summed E-state index contributed by atoms with van der Waals surface area (Å²) in [6.07, 6.45) is -4.77. The van der Waals surface area contributed by atoms with Crippen molar-refractivity contribution in [3.05, 3.63) is 64.1 Å². The van der Waals surface area contributed by atoms with Gasteiger partial charge in [0, 0.05) is 72.3 Å². The Morgan fingerprint density at radius 1 is 0.975 bits per heavy atom. The number of fused-ring (bicyclic) bond motifs is 3. The quantitative estimate of drug-likeness (QED) is 0.349. The van der Waals surface area contributed by atoms with Gasteiger partial charge >= 0.3 is 6.18 Å². The molecule has 0 unspecified atom stereocenters. The molecule has 2 aliphatic heterocycles. The average Bonchev–Trinajstić information content (AvgIpc) is 3.30. The normalized spacial score (nSPS) is 18.6. The molecule has 0 saturated carbocycles. The van der Waals surface area contributed by atoms with Crippen molar-refractivity contribution in [3.8, 4) is 0 Å². The van der Waals surface area contributed by atoms with Gasteiger partial charge in [-0.25, -0.2) is 23.7 Å². The Labute approximate surface area is 230 Å². The van der Waals surface area contributed by atoms with Gasteiger partial charge in [0.1, 0.15) is 6.04 Å².